The fraction of sp³-hybridized carbons (Fsp3) is 0.250. The van der Waals surface area contributed by atoms with Crippen molar-refractivity contribution in [3.05, 3.63) is 70.3 Å². The Morgan fingerprint density at radius 1 is 1.00 bits per heavy atom. The van der Waals surface area contributed by atoms with Gasteiger partial charge in [-0.2, -0.15) is 0 Å². The minimum Gasteiger partial charge on any atom is -0.324 e. The Balaban J connectivity index is 1.50. The minimum absolute atomic E-state index is 0.133. The highest BCUT2D eigenvalue weighted by molar-refractivity contribution is 5.96. The van der Waals surface area contributed by atoms with Crippen LogP contribution in [0.3, 0.4) is 0 Å². The molecule has 4 amide bonds. The first kappa shape index (κ1) is 20.8. The van der Waals surface area contributed by atoms with E-state index in [1.165, 1.54) is 24.3 Å². The molecule has 10 heteroatoms. The zero-order chi connectivity index (χ0) is 21.5. The van der Waals surface area contributed by atoms with Crippen LogP contribution in [-0.4, -0.2) is 40.8 Å². The number of rotatable bonds is 4. The molecule has 2 aromatic rings. The quantitative estimate of drug-likeness (QED) is 0.524. The van der Waals surface area contributed by atoms with Gasteiger partial charge < -0.3 is 10.2 Å². The summed E-state index contributed by atoms with van der Waals surface area (Å²) in [5.41, 5.74) is 5.38. The molecule has 1 fully saturated rings. The zero-order valence-electron chi connectivity index (χ0n) is 16.0. The van der Waals surface area contributed by atoms with Gasteiger partial charge in [0.2, 0.25) is 5.91 Å². The van der Waals surface area contributed by atoms with Gasteiger partial charge in [-0.05, 0) is 37.1 Å². The van der Waals surface area contributed by atoms with Crippen LogP contribution in [0.25, 0.3) is 0 Å². The third-order valence-corrected chi connectivity index (χ3v) is 4.74. The zero-order valence-corrected chi connectivity index (χ0v) is 16.0. The minimum atomic E-state index is -0.590. The number of amides is 4. The van der Waals surface area contributed by atoms with Crippen LogP contribution in [0, 0.1) is 16.0 Å². The second-order valence-corrected chi connectivity index (χ2v) is 6.83. The molecule has 3 N–H and O–H groups in total. The molecule has 0 spiro atoms. The highest BCUT2D eigenvalue weighted by Crippen LogP contribution is 2.18. The predicted octanol–water partition coefficient (Wildman–Crippen LogP) is 2.30. The Hall–Kier alpha value is -3.95. The van der Waals surface area contributed by atoms with E-state index >= 15 is 0 Å². The average molecular weight is 411 g/mol. The topological polar surface area (TPSA) is 134 Å². The lowest BCUT2D eigenvalue weighted by molar-refractivity contribution is -0.384. The van der Waals surface area contributed by atoms with E-state index in [1.807, 2.05) is 18.2 Å². The Morgan fingerprint density at radius 2 is 1.70 bits per heavy atom. The largest absolute Gasteiger partial charge is 0.324 e. The van der Waals surface area contributed by atoms with Crippen molar-refractivity contribution in [2.24, 2.45) is 5.92 Å². The summed E-state index contributed by atoms with van der Waals surface area (Å²) in [6, 6.07) is 13.8. The fourth-order valence-electron chi connectivity index (χ4n) is 3.13. The number of benzene rings is 2. The molecular weight excluding hydrogens is 390 g/mol. The van der Waals surface area contributed by atoms with E-state index in [9.17, 15) is 24.5 Å². The van der Waals surface area contributed by atoms with E-state index < -0.39 is 22.7 Å². The van der Waals surface area contributed by atoms with Gasteiger partial charge in [0.25, 0.3) is 11.6 Å². The maximum Gasteiger partial charge on any atom is 0.321 e. The molecule has 0 aliphatic carbocycles. The van der Waals surface area contributed by atoms with Crippen molar-refractivity contribution < 1.29 is 19.3 Å². The molecule has 1 aliphatic heterocycles. The van der Waals surface area contributed by atoms with Crippen LogP contribution < -0.4 is 16.2 Å². The van der Waals surface area contributed by atoms with Gasteiger partial charge in [-0.25, -0.2) is 4.79 Å². The molecule has 0 saturated carbocycles. The van der Waals surface area contributed by atoms with Gasteiger partial charge in [0.15, 0.2) is 0 Å². The summed E-state index contributed by atoms with van der Waals surface area (Å²) in [7, 11) is 0. The summed E-state index contributed by atoms with van der Waals surface area (Å²) in [6.07, 6.45) is 1.25. The SMILES string of the molecule is O=C(NNC(=O)[C@@H]1CCCN(C(=O)Nc2ccccc2)C1)c1ccc([N+](=O)[O-])cc1. The van der Waals surface area contributed by atoms with Gasteiger partial charge in [0, 0.05) is 36.5 Å². The number of piperidine rings is 1. The lowest BCUT2D eigenvalue weighted by Crippen LogP contribution is -2.50. The van der Waals surface area contributed by atoms with E-state index in [0.29, 0.717) is 25.1 Å². The molecule has 30 heavy (non-hydrogen) atoms. The fourth-order valence-corrected chi connectivity index (χ4v) is 3.13. The van der Waals surface area contributed by atoms with Crippen LogP contribution in [0.2, 0.25) is 0 Å². The second-order valence-electron chi connectivity index (χ2n) is 6.83. The van der Waals surface area contributed by atoms with Crippen molar-refractivity contribution >= 4 is 29.2 Å². The molecule has 10 nitrogen and oxygen atoms in total. The number of non-ortho nitro benzene ring substituents is 1. The summed E-state index contributed by atoms with van der Waals surface area (Å²) in [5, 5.41) is 13.5. The Morgan fingerprint density at radius 3 is 2.37 bits per heavy atom. The first-order valence-electron chi connectivity index (χ1n) is 9.39. The number of anilines is 1. The maximum absolute atomic E-state index is 12.4. The van der Waals surface area contributed by atoms with Crippen molar-refractivity contribution in [3.8, 4) is 0 Å². The highest BCUT2D eigenvalue weighted by atomic mass is 16.6. The van der Waals surface area contributed by atoms with E-state index in [-0.39, 0.29) is 23.8 Å². The summed E-state index contributed by atoms with van der Waals surface area (Å²) >= 11 is 0. The van der Waals surface area contributed by atoms with E-state index in [2.05, 4.69) is 16.2 Å². The molecule has 1 atom stereocenters. The number of hydrogen-bond acceptors (Lipinski definition) is 5. The standard InChI is InChI=1S/C20H21N5O5/c26-18(14-8-10-17(11-9-14)25(29)30)22-23-19(27)15-5-4-12-24(13-15)20(28)21-16-6-2-1-3-7-16/h1-3,6-11,15H,4-5,12-13H2,(H,21,28)(H,22,26)(H,23,27)/t15-/m1/s1. The summed E-state index contributed by atoms with van der Waals surface area (Å²) in [5.74, 6) is -1.45. The van der Waals surface area contributed by atoms with Gasteiger partial charge >= 0.3 is 6.03 Å². The third kappa shape index (κ3) is 5.31. The number of hydrazine groups is 1. The monoisotopic (exact) mass is 411 g/mol. The molecule has 2 aromatic carbocycles. The molecule has 1 aliphatic rings. The number of nitrogens with zero attached hydrogens (tertiary/aromatic N) is 2. The molecule has 0 unspecified atom stereocenters. The lowest BCUT2D eigenvalue weighted by Gasteiger charge is -2.32. The maximum atomic E-state index is 12.4. The summed E-state index contributed by atoms with van der Waals surface area (Å²) in [4.78, 5) is 48.6. The van der Waals surface area contributed by atoms with Crippen LogP contribution in [0.1, 0.15) is 23.2 Å². The van der Waals surface area contributed by atoms with Crippen molar-refractivity contribution in [1.82, 2.24) is 15.8 Å². The first-order chi connectivity index (χ1) is 14.4. The smallest absolute Gasteiger partial charge is 0.321 e. The lowest BCUT2D eigenvalue weighted by atomic mass is 9.98. The van der Waals surface area contributed by atoms with Crippen LogP contribution >= 0.6 is 0 Å². The van der Waals surface area contributed by atoms with Crippen LogP contribution in [0.4, 0.5) is 16.2 Å². The number of nitro benzene ring substituents is 1. The van der Waals surface area contributed by atoms with Crippen molar-refractivity contribution in [1.29, 1.82) is 0 Å². The molecule has 0 radical (unpaired) electrons. The van der Waals surface area contributed by atoms with Crippen molar-refractivity contribution in [2.75, 3.05) is 18.4 Å². The number of carbonyl (C=O) groups is 3. The summed E-state index contributed by atoms with van der Waals surface area (Å²) in [6.45, 7) is 0.773. The van der Waals surface area contributed by atoms with E-state index in [4.69, 9.17) is 0 Å². The second kappa shape index (κ2) is 9.50. The number of hydrogen-bond donors (Lipinski definition) is 3. The molecule has 156 valence electrons. The number of carbonyl (C=O) groups excluding carboxylic acids is 3. The molecule has 0 aromatic heterocycles. The van der Waals surface area contributed by atoms with E-state index in [0.717, 1.165) is 0 Å². The molecular formula is C20H21N5O5. The Labute approximate surface area is 172 Å². The molecule has 0 bridgehead atoms. The van der Waals surface area contributed by atoms with Gasteiger partial charge in [-0.1, -0.05) is 18.2 Å². The number of nitrogens with one attached hydrogen (secondary N) is 3. The molecule has 3 rings (SSSR count). The number of nitro groups is 1. The van der Waals surface area contributed by atoms with E-state index in [1.54, 1.807) is 17.0 Å². The predicted molar refractivity (Wildman–Crippen MR) is 108 cm³/mol. The van der Waals surface area contributed by atoms with Crippen LogP contribution in [-0.2, 0) is 4.79 Å². The Bertz CT molecular complexity index is 932. The average Bonchev–Trinajstić information content (AvgIpc) is 2.78. The first-order valence-corrected chi connectivity index (χ1v) is 9.39. The van der Waals surface area contributed by atoms with Gasteiger partial charge in [-0.3, -0.25) is 30.6 Å². The third-order valence-electron chi connectivity index (χ3n) is 4.74. The molecule has 1 heterocycles. The van der Waals surface area contributed by atoms with Crippen LogP contribution in [0.15, 0.2) is 54.6 Å². The van der Waals surface area contributed by atoms with Gasteiger partial charge in [0.05, 0.1) is 10.8 Å². The van der Waals surface area contributed by atoms with Crippen molar-refractivity contribution in [3.63, 3.8) is 0 Å². The number of para-hydroxylation sites is 1. The van der Waals surface area contributed by atoms with Crippen LogP contribution in [0.5, 0.6) is 0 Å². The normalized spacial score (nSPS) is 15.7. The van der Waals surface area contributed by atoms with Crippen molar-refractivity contribution in [2.45, 2.75) is 12.8 Å². The highest BCUT2D eigenvalue weighted by Gasteiger charge is 2.28. The Kier molecular flexibility index (Phi) is 6.58. The summed E-state index contributed by atoms with van der Waals surface area (Å²) < 4.78 is 0. The number of likely N-dealkylation sites (tertiary alicyclic amines) is 1. The number of urea groups is 1. The van der Waals surface area contributed by atoms with Gasteiger partial charge in [0.1, 0.15) is 0 Å². The van der Waals surface area contributed by atoms with Gasteiger partial charge in [-0.15, -0.1) is 0 Å². The molecule has 1 saturated heterocycles.